The largest absolute Gasteiger partial charge is 0.409 e. The van der Waals surface area contributed by atoms with E-state index in [9.17, 15) is 0 Å². The van der Waals surface area contributed by atoms with Crippen LogP contribution < -0.4 is 4.84 Å². The van der Waals surface area contributed by atoms with Gasteiger partial charge in [-0.2, -0.15) is 4.73 Å². The standard InChI is InChI=1S/C20H29NOS/c1-14(2)23-18-15(3)16(4)21(19(18)20(5,6)7)22-13-17-11-9-8-10-12-17/h8-12,14H,13H2,1-7H3. The first kappa shape index (κ1) is 18.0. The number of aromatic nitrogens is 1. The summed E-state index contributed by atoms with van der Waals surface area (Å²) in [7, 11) is 0. The zero-order valence-electron chi connectivity index (χ0n) is 15.4. The number of hydrogen-bond acceptors (Lipinski definition) is 2. The number of hydrogen-bond donors (Lipinski definition) is 0. The Balaban J connectivity index is 2.41. The van der Waals surface area contributed by atoms with E-state index in [0.29, 0.717) is 11.9 Å². The van der Waals surface area contributed by atoms with E-state index in [1.807, 2.05) is 17.8 Å². The summed E-state index contributed by atoms with van der Waals surface area (Å²) >= 11 is 1.93. The Hall–Kier alpha value is -1.35. The molecule has 0 spiro atoms. The molecular formula is C20H29NOS. The number of thioether (sulfide) groups is 1. The van der Waals surface area contributed by atoms with Crippen molar-refractivity contribution in [1.82, 2.24) is 4.73 Å². The first-order chi connectivity index (χ1) is 10.7. The van der Waals surface area contributed by atoms with Crippen LogP contribution in [0.5, 0.6) is 0 Å². The third kappa shape index (κ3) is 4.14. The molecule has 0 saturated heterocycles. The normalized spacial score (nSPS) is 12.0. The third-order valence-electron chi connectivity index (χ3n) is 3.87. The highest BCUT2D eigenvalue weighted by molar-refractivity contribution is 8.00. The third-order valence-corrected chi connectivity index (χ3v) is 5.08. The Morgan fingerprint density at radius 2 is 1.70 bits per heavy atom. The second-order valence-electron chi connectivity index (χ2n) is 7.36. The van der Waals surface area contributed by atoms with Gasteiger partial charge >= 0.3 is 0 Å². The van der Waals surface area contributed by atoms with Crippen LogP contribution in [0.3, 0.4) is 0 Å². The van der Waals surface area contributed by atoms with E-state index >= 15 is 0 Å². The van der Waals surface area contributed by atoms with Crippen LogP contribution in [0.15, 0.2) is 35.2 Å². The van der Waals surface area contributed by atoms with E-state index in [4.69, 9.17) is 4.84 Å². The highest BCUT2D eigenvalue weighted by Gasteiger charge is 2.29. The molecule has 3 heteroatoms. The number of benzene rings is 1. The topological polar surface area (TPSA) is 14.2 Å². The van der Waals surface area contributed by atoms with E-state index in [2.05, 4.69) is 77.5 Å². The van der Waals surface area contributed by atoms with Crippen molar-refractivity contribution in [2.24, 2.45) is 0 Å². The van der Waals surface area contributed by atoms with Crippen molar-refractivity contribution in [3.63, 3.8) is 0 Å². The number of rotatable bonds is 5. The van der Waals surface area contributed by atoms with Gasteiger partial charge in [0.15, 0.2) is 0 Å². The van der Waals surface area contributed by atoms with Gasteiger partial charge in [-0.15, -0.1) is 11.8 Å². The molecule has 23 heavy (non-hydrogen) atoms. The summed E-state index contributed by atoms with van der Waals surface area (Å²) in [5.41, 5.74) is 5.04. The zero-order valence-corrected chi connectivity index (χ0v) is 16.3. The molecule has 0 atom stereocenters. The molecule has 0 fully saturated rings. The van der Waals surface area contributed by atoms with Crippen LogP contribution in [0.4, 0.5) is 0 Å². The highest BCUT2D eigenvalue weighted by Crippen LogP contribution is 2.39. The van der Waals surface area contributed by atoms with Crippen LogP contribution in [0.2, 0.25) is 0 Å². The summed E-state index contributed by atoms with van der Waals surface area (Å²) in [5, 5.41) is 0.555. The molecule has 126 valence electrons. The Labute approximate surface area is 145 Å². The molecule has 1 heterocycles. The van der Waals surface area contributed by atoms with Gasteiger partial charge in [0.2, 0.25) is 0 Å². The minimum Gasteiger partial charge on any atom is -0.409 e. The maximum atomic E-state index is 6.23. The van der Waals surface area contributed by atoms with E-state index in [1.165, 1.54) is 27.4 Å². The van der Waals surface area contributed by atoms with Gasteiger partial charge < -0.3 is 4.84 Å². The molecule has 1 aromatic carbocycles. The Kier molecular flexibility index (Phi) is 5.51. The lowest BCUT2D eigenvalue weighted by Crippen LogP contribution is -2.24. The maximum absolute atomic E-state index is 6.23. The first-order valence-electron chi connectivity index (χ1n) is 8.28. The molecule has 2 nitrogen and oxygen atoms in total. The van der Waals surface area contributed by atoms with E-state index in [0.717, 1.165) is 0 Å². The first-order valence-corrected chi connectivity index (χ1v) is 9.16. The molecule has 0 aliphatic rings. The van der Waals surface area contributed by atoms with Crippen LogP contribution in [0.25, 0.3) is 0 Å². The Morgan fingerprint density at radius 3 is 2.22 bits per heavy atom. The summed E-state index contributed by atoms with van der Waals surface area (Å²) in [6.45, 7) is 16.2. The van der Waals surface area contributed by atoms with Crippen LogP contribution in [0.1, 0.15) is 57.1 Å². The predicted molar refractivity (Wildman–Crippen MR) is 100 cm³/mol. The summed E-state index contributed by atoms with van der Waals surface area (Å²) < 4.78 is 2.06. The van der Waals surface area contributed by atoms with Crippen LogP contribution in [0, 0.1) is 13.8 Å². The lowest BCUT2D eigenvalue weighted by atomic mass is 9.92. The van der Waals surface area contributed by atoms with Crippen molar-refractivity contribution in [1.29, 1.82) is 0 Å². The fourth-order valence-electron chi connectivity index (χ4n) is 2.65. The summed E-state index contributed by atoms with van der Waals surface area (Å²) in [6.07, 6.45) is 0. The minimum absolute atomic E-state index is 0.0347. The highest BCUT2D eigenvalue weighted by atomic mass is 32.2. The van der Waals surface area contributed by atoms with Crippen molar-refractivity contribution in [3.05, 3.63) is 52.8 Å². The Morgan fingerprint density at radius 1 is 1.09 bits per heavy atom. The van der Waals surface area contributed by atoms with E-state index in [-0.39, 0.29) is 5.41 Å². The summed E-state index contributed by atoms with van der Waals surface area (Å²) in [5.74, 6) is 0. The molecular weight excluding hydrogens is 302 g/mol. The quantitative estimate of drug-likeness (QED) is 0.669. The molecule has 0 bridgehead atoms. The van der Waals surface area contributed by atoms with Gasteiger partial charge in [-0.3, -0.25) is 0 Å². The van der Waals surface area contributed by atoms with Gasteiger partial charge in [0, 0.05) is 15.6 Å². The lowest BCUT2D eigenvalue weighted by molar-refractivity contribution is 0.0804. The lowest BCUT2D eigenvalue weighted by Gasteiger charge is -2.24. The van der Waals surface area contributed by atoms with Crippen LogP contribution in [-0.2, 0) is 12.0 Å². The Bertz CT molecular complexity index is 651. The molecule has 0 unspecified atom stereocenters. The van der Waals surface area contributed by atoms with Crippen molar-refractivity contribution >= 4 is 11.8 Å². The molecule has 0 aliphatic carbocycles. The minimum atomic E-state index is 0.0347. The van der Waals surface area contributed by atoms with Crippen molar-refractivity contribution in [2.45, 2.75) is 70.6 Å². The second kappa shape index (κ2) is 7.04. The van der Waals surface area contributed by atoms with Gasteiger partial charge in [0.1, 0.15) is 6.61 Å². The fraction of sp³-hybridized carbons (Fsp3) is 0.500. The van der Waals surface area contributed by atoms with Crippen molar-refractivity contribution < 1.29 is 4.84 Å². The van der Waals surface area contributed by atoms with E-state index in [1.54, 1.807) is 0 Å². The average molecular weight is 332 g/mol. The average Bonchev–Trinajstić information content (AvgIpc) is 2.70. The van der Waals surface area contributed by atoms with Crippen molar-refractivity contribution in [3.8, 4) is 0 Å². The molecule has 0 radical (unpaired) electrons. The van der Waals surface area contributed by atoms with Gasteiger partial charge in [0.05, 0.1) is 11.4 Å². The molecule has 2 rings (SSSR count). The van der Waals surface area contributed by atoms with Crippen LogP contribution >= 0.6 is 11.8 Å². The summed E-state index contributed by atoms with van der Waals surface area (Å²) in [6, 6.07) is 10.3. The monoisotopic (exact) mass is 331 g/mol. The number of nitrogens with zero attached hydrogens (tertiary/aromatic N) is 1. The zero-order chi connectivity index (χ0) is 17.2. The van der Waals surface area contributed by atoms with Crippen molar-refractivity contribution in [2.75, 3.05) is 0 Å². The van der Waals surface area contributed by atoms with Gasteiger partial charge in [0.25, 0.3) is 0 Å². The molecule has 0 saturated carbocycles. The van der Waals surface area contributed by atoms with Gasteiger partial charge in [-0.25, -0.2) is 0 Å². The predicted octanol–water partition coefficient (Wildman–Crippen LogP) is 5.53. The molecule has 0 amide bonds. The van der Waals surface area contributed by atoms with Crippen LogP contribution in [-0.4, -0.2) is 9.98 Å². The molecule has 1 aromatic heterocycles. The molecule has 0 aliphatic heterocycles. The van der Waals surface area contributed by atoms with E-state index < -0.39 is 0 Å². The molecule has 0 N–H and O–H groups in total. The summed E-state index contributed by atoms with van der Waals surface area (Å²) in [4.78, 5) is 7.60. The smallest absolute Gasteiger partial charge is 0.140 e. The SMILES string of the molecule is Cc1c(SC(C)C)c(C(C)(C)C)n(OCc2ccccc2)c1C. The second-order valence-corrected chi connectivity index (χ2v) is 8.94. The molecule has 2 aromatic rings. The fourth-order valence-corrected chi connectivity index (χ4v) is 3.95. The van der Waals surface area contributed by atoms with Gasteiger partial charge in [-0.1, -0.05) is 65.0 Å². The van der Waals surface area contributed by atoms with Gasteiger partial charge in [-0.05, 0) is 25.0 Å². The maximum Gasteiger partial charge on any atom is 0.140 e.